The lowest BCUT2D eigenvalue weighted by molar-refractivity contribution is 0.136. The van der Waals surface area contributed by atoms with Gasteiger partial charge in [-0.05, 0) is 36.0 Å². The highest BCUT2D eigenvalue weighted by molar-refractivity contribution is 5.58. The summed E-state index contributed by atoms with van der Waals surface area (Å²) in [6, 6.07) is 6.04. The second-order valence-corrected chi connectivity index (χ2v) is 5.80. The maximum absolute atomic E-state index is 10.3. The molecule has 1 aromatic rings. The van der Waals surface area contributed by atoms with Crippen molar-refractivity contribution in [2.24, 2.45) is 11.7 Å². The Balaban J connectivity index is 2.14. The predicted molar refractivity (Wildman–Crippen MR) is 75.8 cm³/mol. The molecule has 1 aromatic carbocycles. The smallest absolute Gasteiger partial charge is 0.0941 e. The third kappa shape index (κ3) is 2.68. The van der Waals surface area contributed by atoms with Crippen LogP contribution >= 0.6 is 0 Å². The lowest BCUT2D eigenvalue weighted by atomic mass is 9.94. The van der Waals surface area contributed by atoms with Gasteiger partial charge in [-0.25, -0.2) is 0 Å². The fraction of sp³-hybridized carbons (Fsp3) is 0.600. The Morgan fingerprint density at radius 3 is 2.78 bits per heavy atom. The van der Waals surface area contributed by atoms with Gasteiger partial charge in [0.25, 0.3) is 0 Å². The summed E-state index contributed by atoms with van der Waals surface area (Å²) in [6.07, 6.45) is 1.35. The predicted octanol–water partition coefficient (Wildman–Crippen LogP) is 2.09. The van der Waals surface area contributed by atoms with Gasteiger partial charge in [-0.15, -0.1) is 0 Å². The van der Waals surface area contributed by atoms with Gasteiger partial charge in [0.2, 0.25) is 0 Å². The lowest BCUT2D eigenvalue weighted by Crippen LogP contribution is -2.29. The number of nitrogens with zero attached hydrogens (tertiary/aromatic N) is 1. The van der Waals surface area contributed by atoms with E-state index in [9.17, 15) is 5.11 Å². The van der Waals surface area contributed by atoms with Crippen molar-refractivity contribution in [1.29, 1.82) is 0 Å². The number of hydrogen-bond acceptors (Lipinski definition) is 3. The SMILES string of the molecule is CC(C)CC(N)C(O)c1ccc2c(c1)CCN2C. The first-order valence-electron chi connectivity index (χ1n) is 6.76. The van der Waals surface area contributed by atoms with Crippen LogP contribution in [0, 0.1) is 5.92 Å². The molecule has 0 saturated carbocycles. The maximum Gasteiger partial charge on any atom is 0.0941 e. The molecule has 1 heterocycles. The van der Waals surface area contributed by atoms with E-state index in [-0.39, 0.29) is 6.04 Å². The highest BCUT2D eigenvalue weighted by Gasteiger charge is 2.21. The molecular weight excluding hydrogens is 224 g/mol. The molecule has 0 aliphatic carbocycles. The monoisotopic (exact) mass is 248 g/mol. The number of rotatable bonds is 4. The molecule has 2 atom stereocenters. The van der Waals surface area contributed by atoms with Crippen molar-refractivity contribution in [2.45, 2.75) is 38.8 Å². The molecule has 0 spiro atoms. The van der Waals surface area contributed by atoms with Crippen molar-refractivity contribution >= 4 is 5.69 Å². The van der Waals surface area contributed by atoms with Crippen LogP contribution in [-0.4, -0.2) is 24.7 Å². The fourth-order valence-electron chi connectivity index (χ4n) is 2.69. The summed E-state index contributed by atoms with van der Waals surface area (Å²) in [7, 11) is 2.10. The van der Waals surface area contributed by atoms with Crippen molar-refractivity contribution in [2.75, 3.05) is 18.5 Å². The molecule has 0 radical (unpaired) electrons. The summed E-state index contributed by atoms with van der Waals surface area (Å²) in [6.45, 7) is 5.32. The molecule has 1 aliphatic heterocycles. The summed E-state index contributed by atoms with van der Waals surface area (Å²) in [5.74, 6) is 0.509. The van der Waals surface area contributed by atoms with Gasteiger partial charge in [-0.1, -0.05) is 26.0 Å². The number of likely N-dealkylation sites (N-methyl/N-ethyl adjacent to an activating group) is 1. The molecule has 100 valence electrons. The van der Waals surface area contributed by atoms with Gasteiger partial charge in [0.05, 0.1) is 6.10 Å². The van der Waals surface area contributed by atoms with E-state index < -0.39 is 6.10 Å². The molecule has 3 nitrogen and oxygen atoms in total. The van der Waals surface area contributed by atoms with Crippen LogP contribution in [0.1, 0.15) is 37.5 Å². The zero-order chi connectivity index (χ0) is 13.3. The summed E-state index contributed by atoms with van der Waals surface area (Å²) >= 11 is 0. The van der Waals surface area contributed by atoms with Gasteiger partial charge in [-0.3, -0.25) is 0 Å². The van der Waals surface area contributed by atoms with Crippen LogP contribution in [0.5, 0.6) is 0 Å². The first-order chi connectivity index (χ1) is 8.49. The van der Waals surface area contributed by atoms with Gasteiger partial charge in [0, 0.05) is 25.3 Å². The standard InChI is InChI=1S/C15H24N2O/c1-10(2)8-13(16)15(18)12-4-5-14-11(9-12)6-7-17(14)3/h4-5,9-10,13,15,18H,6-8,16H2,1-3H3. The van der Waals surface area contributed by atoms with Crippen LogP contribution in [0.15, 0.2) is 18.2 Å². The number of hydrogen-bond donors (Lipinski definition) is 2. The average Bonchev–Trinajstić information content (AvgIpc) is 2.69. The van der Waals surface area contributed by atoms with Crippen LogP contribution in [0.3, 0.4) is 0 Å². The number of nitrogens with two attached hydrogens (primary N) is 1. The van der Waals surface area contributed by atoms with Crippen LogP contribution in [0.4, 0.5) is 5.69 Å². The van der Waals surface area contributed by atoms with E-state index >= 15 is 0 Å². The molecule has 0 aromatic heterocycles. The first-order valence-corrected chi connectivity index (χ1v) is 6.76. The van der Waals surface area contributed by atoms with E-state index in [1.165, 1.54) is 11.3 Å². The zero-order valence-electron chi connectivity index (χ0n) is 11.6. The van der Waals surface area contributed by atoms with E-state index in [0.29, 0.717) is 5.92 Å². The Morgan fingerprint density at radius 2 is 2.11 bits per heavy atom. The maximum atomic E-state index is 10.3. The quantitative estimate of drug-likeness (QED) is 0.858. The molecule has 0 saturated heterocycles. The van der Waals surface area contributed by atoms with Gasteiger partial charge >= 0.3 is 0 Å². The Morgan fingerprint density at radius 1 is 1.39 bits per heavy atom. The number of aliphatic hydroxyl groups excluding tert-OH is 1. The third-order valence-electron chi connectivity index (χ3n) is 3.72. The lowest BCUT2D eigenvalue weighted by Gasteiger charge is -2.22. The zero-order valence-corrected chi connectivity index (χ0v) is 11.6. The van der Waals surface area contributed by atoms with E-state index in [1.54, 1.807) is 0 Å². The van der Waals surface area contributed by atoms with Crippen LogP contribution in [0.2, 0.25) is 0 Å². The van der Waals surface area contributed by atoms with Crippen LogP contribution < -0.4 is 10.6 Å². The molecule has 2 rings (SSSR count). The summed E-state index contributed by atoms with van der Waals surface area (Å²) in [4.78, 5) is 2.25. The number of aliphatic hydroxyl groups is 1. The molecule has 0 fully saturated rings. The van der Waals surface area contributed by atoms with Crippen LogP contribution in [-0.2, 0) is 6.42 Å². The fourth-order valence-corrected chi connectivity index (χ4v) is 2.69. The largest absolute Gasteiger partial charge is 0.387 e. The third-order valence-corrected chi connectivity index (χ3v) is 3.72. The molecule has 2 unspecified atom stereocenters. The van der Waals surface area contributed by atoms with E-state index in [4.69, 9.17) is 5.73 Å². The highest BCUT2D eigenvalue weighted by Crippen LogP contribution is 2.30. The van der Waals surface area contributed by atoms with Gasteiger partial charge < -0.3 is 15.7 Å². The highest BCUT2D eigenvalue weighted by atomic mass is 16.3. The second-order valence-electron chi connectivity index (χ2n) is 5.80. The van der Waals surface area contributed by atoms with Crippen molar-refractivity contribution in [1.82, 2.24) is 0 Å². The van der Waals surface area contributed by atoms with Crippen molar-refractivity contribution in [3.63, 3.8) is 0 Å². The van der Waals surface area contributed by atoms with Crippen molar-refractivity contribution in [3.8, 4) is 0 Å². The summed E-state index contributed by atoms with van der Waals surface area (Å²) in [5.41, 5.74) is 9.62. The number of benzene rings is 1. The number of fused-ring (bicyclic) bond motifs is 1. The first kappa shape index (κ1) is 13.4. The molecule has 18 heavy (non-hydrogen) atoms. The minimum absolute atomic E-state index is 0.179. The normalized spacial score (nSPS) is 18.0. The topological polar surface area (TPSA) is 49.5 Å². The van der Waals surface area contributed by atoms with Crippen molar-refractivity contribution < 1.29 is 5.11 Å². The molecule has 0 amide bonds. The van der Waals surface area contributed by atoms with E-state index in [1.807, 2.05) is 6.07 Å². The second kappa shape index (κ2) is 5.29. The Bertz CT molecular complexity index is 417. The van der Waals surface area contributed by atoms with E-state index in [0.717, 1.165) is 24.9 Å². The average molecular weight is 248 g/mol. The van der Waals surface area contributed by atoms with Crippen LogP contribution in [0.25, 0.3) is 0 Å². The minimum atomic E-state index is -0.552. The summed E-state index contributed by atoms with van der Waals surface area (Å²) in [5, 5.41) is 10.3. The summed E-state index contributed by atoms with van der Waals surface area (Å²) < 4.78 is 0. The van der Waals surface area contributed by atoms with Gasteiger partial charge in [-0.2, -0.15) is 0 Å². The van der Waals surface area contributed by atoms with Gasteiger partial charge in [0.15, 0.2) is 0 Å². The Hall–Kier alpha value is -1.06. The molecule has 3 N–H and O–H groups in total. The number of anilines is 1. The van der Waals surface area contributed by atoms with Crippen molar-refractivity contribution in [3.05, 3.63) is 29.3 Å². The van der Waals surface area contributed by atoms with Gasteiger partial charge in [0.1, 0.15) is 0 Å². The van der Waals surface area contributed by atoms with E-state index in [2.05, 4.69) is 37.9 Å². The molecule has 3 heteroatoms. The molecule has 1 aliphatic rings. The molecular formula is C15H24N2O. The Kier molecular flexibility index (Phi) is 3.93. The minimum Gasteiger partial charge on any atom is -0.387 e. The molecule has 0 bridgehead atoms. The Labute approximate surface area is 110 Å².